The van der Waals surface area contributed by atoms with Gasteiger partial charge in [-0.15, -0.1) is 0 Å². The van der Waals surface area contributed by atoms with E-state index >= 15 is 0 Å². The summed E-state index contributed by atoms with van der Waals surface area (Å²) >= 11 is 0. The number of aliphatic hydroxyl groups is 2. The zero-order valence-electron chi connectivity index (χ0n) is 42.3. The van der Waals surface area contributed by atoms with Crippen LogP contribution in [0, 0.1) is 29.6 Å². The molecule has 378 valence electrons. The maximum absolute atomic E-state index is 14.6. The van der Waals surface area contributed by atoms with Gasteiger partial charge in [0.05, 0.1) is 24.4 Å². The standard InChI is InChI=1S/C54H80N2O12/c1-11-23-55-25-22-39-31-40(18-19-41(39)55)66-44-21-17-37(30-45(44)63-8)26-35(6)49-32(3)16-20-43(57)38(12-2)27-33(4)48(58)34(5)28-46(64-9)50-47(65-10)29-36(7)54(62,68-50)51(59)52(60)56-24-14-13-15-42(56)53(61)67-49/h18-19,22,25-27,31-32,34,36-38,42,44-50,58,62H,11-17,20-21,23-24,28-30H2,1-10H3/b33-27+,35-26?. The number of esters is 1. The van der Waals surface area contributed by atoms with Crippen molar-refractivity contribution < 1.29 is 57.8 Å². The molecular formula is C54H80N2O12. The Kier molecular flexibility index (Phi) is 18.7. The number of benzene rings is 1. The fourth-order valence-corrected chi connectivity index (χ4v) is 11.3. The van der Waals surface area contributed by atoms with Gasteiger partial charge in [0, 0.05) is 69.8 Å². The Morgan fingerprint density at radius 3 is 2.29 bits per heavy atom. The number of nitrogens with zero attached hydrogens (tertiary/aromatic N) is 2. The van der Waals surface area contributed by atoms with Crippen molar-refractivity contribution in [1.82, 2.24) is 9.47 Å². The van der Waals surface area contributed by atoms with Crippen LogP contribution in [0.3, 0.4) is 0 Å². The summed E-state index contributed by atoms with van der Waals surface area (Å²) in [7, 11) is 4.71. The zero-order valence-corrected chi connectivity index (χ0v) is 42.3. The van der Waals surface area contributed by atoms with E-state index in [0.29, 0.717) is 37.7 Å². The van der Waals surface area contributed by atoms with Gasteiger partial charge < -0.3 is 48.1 Å². The van der Waals surface area contributed by atoms with Crippen LogP contribution in [-0.2, 0) is 49.4 Å². The lowest BCUT2D eigenvalue weighted by molar-refractivity contribution is -0.302. The summed E-state index contributed by atoms with van der Waals surface area (Å²) in [6.07, 6.45) is 8.12. The molecule has 2 saturated heterocycles. The van der Waals surface area contributed by atoms with Crippen LogP contribution < -0.4 is 4.74 Å². The van der Waals surface area contributed by atoms with E-state index in [9.17, 15) is 29.4 Å². The minimum absolute atomic E-state index is 0.0272. The molecule has 14 atom stereocenters. The first-order valence-corrected chi connectivity index (χ1v) is 25.4. The molecule has 1 aromatic heterocycles. The largest absolute Gasteiger partial charge is 0.488 e. The van der Waals surface area contributed by atoms with E-state index in [1.54, 1.807) is 14.0 Å². The van der Waals surface area contributed by atoms with Gasteiger partial charge in [-0.2, -0.15) is 0 Å². The van der Waals surface area contributed by atoms with Crippen molar-refractivity contribution in [3.63, 3.8) is 0 Å². The number of hydrogen-bond acceptors (Lipinski definition) is 12. The Hall–Kier alpha value is -3.92. The minimum Gasteiger partial charge on any atom is -0.488 e. The molecule has 6 rings (SSSR count). The number of cyclic esters (lactones) is 1. The van der Waals surface area contributed by atoms with Crippen molar-refractivity contribution in [1.29, 1.82) is 0 Å². The molecule has 1 saturated carbocycles. The maximum atomic E-state index is 14.6. The Labute approximate surface area is 404 Å². The van der Waals surface area contributed by atoms with Crippen LogP contribution in [0.1, 0.15) is 126 Å². The molecule has 14 heteroatoms. The molecule has 0 radical (unpaired) electrons. The number of ether oxygens (including phenoxy) is 6. The van der Waals surface area contributed by atoms with Crippen LogP contribution in [0.2, 0.25) is 0 Å². The monoisotopic (exact) mass is 949 g/mol. The smallest absolute Gasteiger partial charge is 0.329 e. The van der Waals surface area contributed by atoms with E-state index in [1.807, 2.05) is 46.8 Å². The molecule has 3 aliphatic heterocycles. The number of piperidine rings is 1. The van der Waals surface area contributed by atoms with E-state index in [2.05, 4.69) is 42.0 Å². The highest BCUT2D eigenvalue weighted by Gasteiger charge is 2.56. The first-order valence-electron chi connectivity index (χ1n) is 25.4. The number of aliphatic hydroxyl groups excluding tert-OH is 1. The third kappa shape index (κ3) is 12.0. The van der Waals surface area contributed by atoms with Gasteiger partial charge in [0.2, 0.25) is 5.79 Å². The van der Waals surface area contributed by atoms with Gasteiger partial charge in [-0.05, 0) is 138 Å². The highest BCUT2D eigenvalue weighted by molar-refractivity contribution is 6.39. The molecule has 1 aromatic carbocycles. The number of fused-ring (bicyclic) bond motifs is 4. The Morgan fingerprint density at radius 2 is 1.60 bits per heavy atom. The zero-order chi connectivity index (χ0) is 49.4. The fourth-order valence-electron chi connectivity index (χ4n) is 11.3. The van der Waals surface area contributed by atoms with E-state index in [4.69, 9.17) is 28.4 Å². The summed E-state index contributed by atoms with van der Waals surface area (Å²) < 4.78 is 39.4. The lowest BCUT2D eigenvalue weighted by Gasteiger charge is -2.47. The summed E-state index contributed by atoms with van der Waals surface area (Å²) in [4.78, 5) is 58.6. The van der Waals surface area contributed by atoms with Gasteiger partial charge in [0.1, 0.15) is 35.9 Å². The minimum atomic E-state index is -2.54. The molecule has 2 bridgehead atoms. The lowest BCUT2D eigenvalue weighted by atomic mass is 9.81. The number of methoxy groups -OCH3 is 3. The van der Waals surface area contributed by atoms with E-state index in [1.165, 1.54) is 24.6 Å². The molecule has 14 unspecified atom stereocenters. The van der Waals surface area contributed by atoms with E-state index in [-0.39, 0.29) is 62.1 Å². The average molecular weight is 949 g/mol. The first-order chi connectivity index (χ1) is 32.5. The third-order valence-electron chi connectivity index (χ3n) is 15.5. The second kappa shape index (κ2) is 23.8. The molecule has 4 aliphatic rings. The summed E-state index contributed by atoms with van der Waals surface area (Å²) in [5.41, 5.74) is 2.65. The van der Waals surface area contributed by atoms with Gasteiger partial charge in [-0.1, -0.05) is 46.8 Å². The number of carbonyl (C=O) groups is 4. The summed E-state index contributed by atoms with van der Waals surface area (Å²) in [6, 6.07) is 7.26. The van der Waals surface area contributed by atoms with Gasteiger partial charge >= 0.3 is 5.97 Å². The average Bonchev–Trinajstić information content (AvgIpc) is 3.74. The number of ketones is 2. The number of Topliss-reactive ketones (excluding diaryl/α,β-unsaturated/α-hetero) is 2. The molecule has 4 heterocycles. The second-order valence-electron chi connectivity index (χ2n) is 20.4. The second-order valence-corrected chi connectivity index (χ2v) is 20.4. The Balaban J connectivity index is 1.28. The predicted molar refractivity (Wildman–Crippen MR) is 259 cm³/mol. The van der Waals surface area contributed by atoms with Crippen LogP contribution >= 0.6 is 0 Å². The fraction of sp³-hybridized carbons (Fsp3) is 0.704. The highest BCUT2D eigenvalue weighted by atomic mass is 16.7. The van der Waals surface area contributed by atoms with Crippen LogP contribution in [0.4, 0.5) is 0 Å². The van der Waals surface area contributed by atoms with Crippen molar-refractivity contribution >= 4 is 34.3 Å². The van der Waals surface area contributed by atoms with Gasteiger partial charge in [-0.3, -0.25) is 14.4 Å². The van der Waals surface area contributed by atoms with Gasteiger partial charge in [0.15, 0.2) is 0 Å². The van der Waals surface area contributed by atoms with Gasteiger partial charge in [0.25, 0.3) is 11.7 Å². The number of hydrogen-bond donors (Lipinski definition) is 2. The maximum Gasteiger partial charge on any atom is 0.329 e. The molecule has 2 aromatic rings. The quantitative estimate of drug-likeness (QED) is 0.134. The topological polar surface area (TPSA) is 172 Å². The Morgan fingerprint density at radius 1 is 0.882 bits per heavy atom. The number of amides is 1. The van der Waals surface area contributed by atoms with Crippen molar-refractivity contribution in [2.45, 2.75) is 187 Å². The number of aromatic nitrogens is 1. The predicted octanol–water partition coefficient (Wildman–Crippen LogP) is 7.92. The van der Waals surface area contributed by atoms with Crippen LogP contribution in [0.25, 0.3) is 10.9 Å². The van der Waals surface area contributed by atoms with Crippen LogP contribution in [0.5, 0.6) is 5.75 Å². The molecule has 14 nitrogen and oxygen atoms in total. The first kappa shape index (κ1) is 53.4. The summed E-state index contributed by atoms with van der Waals surface area (Å²) in [5.74, 6) is -6.44. The molecule has 1 amide bonds. The third-order valence-corrected chi connectivity index (χ3v) is 15.5. The normalized spacial score (nSPS) is 36.4. The number of allylic oxidation sites excluding steroid dienone is 2. The van der Waals surface area contributed by atoms with E-state index in [0.717, 1.165) is 42.5 Å². The summed E-state index contributed by atoms with van der Waals surface area (Å²) in [6.45, 7) is 14.4. The van der Waals surface area contributed by atoms with Crippen molar-refractivity contribution in [2.75, 3.05) is 27.9 Å². The van der Waals surface area contributed by atoms with Crippen molar-refractivity contribution in [3.05, 3.63) is 53.8 Å². The Bertz CT molecular complexity index is 2110. The highest BCUT2D eigenvalue weighted by Crippen LogP contribution is 2.40. The lowest BCUT2D eigenvalue weighted by Crippen LogP contribution is -2.64. The molecule has 68 heavy (non-hydrogen) atoms. The molecular weight excluding hydrogens is 869 g/mol. The SMILES string of the molecule is CCCn1ccc2cc(OC3CCC(C=C(C)C4OC(=O)C5CCCCN5C(=O)C(=O)C5(O)OC(C(OC)CC(C)C(O)/C(C)=C/C(CC)C(=O)CCC4C)C(OC)CC5C)CC3OC)ccc21. The summed E-state index contributed by atoms with van der Waals surface area (Å²) in [5, 5.41) is 24.9. The molecule has 1 aliphatic carbocycles. The number of aryl methyl sites for hydroxylation is 1. The van der Waals surface area contributed by atoms with Crippen molar-refractivity contribution in [2.24, 2.45) is 29.6 Å². The molecule has 2 N–H and O–H groups in total. The number of rotatable bonds is 10. The van der Waals surface area contributed by atoms with Gasteiger partial charge in [-0.25, -0.2) is 4.79 Å². The van der Waals surface area contributed by atoms with Crippen LogP contribution in [-0.4, -0.2) is 126 Å². The van der Waals surface area contributed by atoms with Crippen LogP contribution in [0.15, 0.2) is 53.8 Å². The van der Waals surface area contributed by atoms with E-state index < -0.39 is 77.8 Å². The molecule has 3 fully saturated rings. The molecule has 0 spiro atoms. The number of carbonyl (C=O) groups excluding carboxylic acids is 4. The van der Waals surface area contributed by atoms with Crippen molar-refractivity contribution in [3.8, 4) is 5.75 Å².